The summed E-state index contributed by atoms with van der Waals surface area (Å²) < 4.78 is 0. The van der Waals surface area contributed by atoms with E-state index in [2.05, 4.69) is 24.1 Å². The largest absolute Gasteiger partial charge is 0.330 e. The molecule has 0 aromatic heterocycles. The van der Waals surface area contributed by atoms with Crippen molar-refractivity contribution in [2.45, 2.75) is 52.0 Å². The van der Waals surface area contributed by atoms with E-state index in [4.69, 9.17) is 0 Å². The summed E-state index contributed by atoms with van der Waals surface area (Å²) in [6.07, 6.45) is 3.90. The van der Waals surface area contributed by atoms with Crippen molar-refractivity contribution in [2.24, 2.45) is 5.41 Å². The predicted molar refractivity (Wildman–Crippen MR) is 78.5 cm³/mol. The first-order valence-electron chi connectivity index (χ1n) is 7.76. The van der Waals surface area contributed by atoms with E-state index in [-0.39, 0.29) is 5.91 Å². The van der Waals surface area contributed by atoms with Gasteiger partial charge < -0.3 is 4.90 Å². The highest BCUT2D eigenvalue weighted by Gasteiger charge is 2.53. The van der Waals surface area contributed by atoms with Crippen LogP contribution in [-0.4, -0.2) is 53.8 Å². The second kappa shape index (κ2) is 6.13. The van der Waals surface area contributed by atoms with E-state index in [0.29, 0.717) is 32.0 Å². The first-order valence-corrected chi connectivity index (χ1v) is 7.76. The van der Waals surface area contributed by atoms with Gasteiger partial charge in [-0.25, -0.2) is 4.79 Å². The van der Waals surface area contributed by atoms with Crippen molar-refractivity contribution in [3.8, 4) is 0 Å². The molecule has 6 nitrogen and oxygen atoms in total. The number of amides is 4. The third kappa shape index (κ3) is 2.95. The van der Waals surface area contributed by atoms with Gasteiger partial charge in [-0.05, 0) is 33.7 Å². The maximum absolute atomic E-state index is 12.7. The predicted octanol–water partition coefficient (Wildman–Crippen LogP) is 1.36. The third-order valence-corrected chi connectivity index (χ3v) is 4.82. The summed E-state index contributed by atoms with van der Waals surface area (Å²) in [7, 11) is 1.96. The molecule has 0 aromatic rings. The molecule has 2 rings (SSSR count). The van der Waals surface area contributed by atoms with Gasteiger partial charge in [0.05, 0.1) is 0 Å². The van der Waals surface area contributed by atoms with E-state index in [9.17, 15) is 14.4 Å². The molecule has 4 amide bonds. The number of hydrogen-bond donors (Lipinski definition) is 1. The Hall–Kier alpha value is -1.43. The minimum Gasteiger partial charge on any atom is -0.302 e. The topological polar surface area (TPSA) is 69.7 Å². The SMILES string of the molecule is CC(C)N(C)CCN1C(=O)NC(=O)C2(CCCCC2)C1=O. The Labute approximate surface area is 125 Å². The number of barbiturate groups is 1. The minimum atomic E-state index is -0.997. The van der Waals surface area contributed by atoms with Gasteiger partial charge in [0.25, 0.3) is 0 Å². The van der Waals surface area contributed by atoms with Crippen LogP contribution in [0.2, 0.25) is 0 Å². The number of carbonyl (C=O) groups is 3. The smallest absolute Gasteiger partial charge is 0.302 e. The number of nitrogens with one attached hydrogen (secondary N) is 1. The summed E-state index contributed by atoms with van der Waals surface area (Å²) >= 11 is 0. The molecule has 1 N–H and O–H groups in total. The maximum Gasteiger partial charge on any atom is 0.330 e. The summed E-state index contributed by atoms with van der Waals surface area (Å²) in [5.74, 6) is -0.696. The normalized spacial score (nSPS) is 22.3. The molecular weight excluding hydrogens is 270 g/mol. The number of carbonyl (C=O) groups excluding carboxylic acids is 3. The Balaban J connectivity index is 2.12. The lowest BCUT2D eigenvalue weighted by Crippen LogP contribution is -2.65. The molecule has 0 unspecified atom stereocenters. The fraction of sp³-hybridized carbons (Fsp3) is 0.800. The zero-order valence-corrected chi connectivity index (χ0v) is 13.1. The molecule has 1 aliphatic carbocycles. The van der Waals surface area contributed by atoms with Gasteiger partial charge in [0, 0.05) is 19.1 Å². The lowest BCUT2D eigenvalue weighted by atomic mass is 9.71. The van der Waals surface area contributed by atoms with Crippen LogP contribution in [-0.2, 0) is 9.59 Å². The molecule has 1 spiro atoms. The van der Waals surface area contributed by atoms with Crippen molar-refractivity contribution >= 4 is 17.8 Å². The number of imide groups is 2. The minimum absolute atomic E-state index is 0.298. The van der Waals surface area contributed by atoms with E-state index in [1.807, 2.05) is 7.05 Å². The summed E-state index contributed by atoms with van der Waals surface area (Å²) in [6.45, 7) is 5.06. The average molecular weight is 295 g/mol. The Kier molecular flexibility index (Phi) is 4.66. The molecule has 2 aliphatic rings. The van der Waals surface area contributed by atoms with Gasteiger partial charge >= 0.3 is 6.03 Å². The Bertz CT molecular complexity index is 441. The third-order valence-electron chi connectivity index (χ3n) is 4.82. The highest BCUT2D eigenvalue weighted by molar-refractivity contribution is 6.19. The molecule has 0 radical (unpaired) electrons. The first-order chi connectivity index (χ1) is 9.88. The van der Waals surface area contributed by atoms with Crippen LogP contribution >= 0.6 is 0 Å². The zero-order valence-electron chi connectivity index (χ0n) is 13.1. The molecule has 0 aromatic carbocycles. The van der Waals surface area contributed by atoms with Crippen LogP contribution in [0.3, 0.4) is 0 Å². The van der Waals surface area contributed by atoms with E-state index >= 15 is 0 Å². The second-order valence-electron chi connectivity index (χ2n) is 6.43. The van der Waals surface area contributed by atoms with Gasteiger partial charge in [0.1, 0.15) is 5.41 Å². The molecule has 21 heavy (non-hydrogen) atoms. The Morgan fingerprint density at radius 1 is 1.19 bits per heavy atom. The fourth-order valence-corrected chi connectivity index (χ4v) is 3.05. The van der Waals surface area contributed by atoms with Crippen LogP contribution in [0.15, 0.2) is 0 Å². The van der Waals surface area contributed by atoms with E-state index in [0.717, 1.165) is 19.3 Å². The highest BCUT2D eigenvalue weighted by atomic mass is 16.2. The monoisotopic (exact) mass is 295 g/mol. The van der Waals surface area contributed by atoms with Crippen LogP contribution in [0.1, 0.15) is 46.0 Å². The fourth-order valence-electron chi connectivity index (χ4n) is 3.05. The highest BCUT2D eigenvalue weighted by Crippen LogP contribution is 2.40. The number of nitrogens with zero attached hydrogens (tertiary/aromatic N) is 2. The molecule has 1 heterocycles. The van der Waals surface area contributed by atoms with Gasteiger partial charge in [-0.15, -0.1) is 0 Å². The van der Waals surface area contributed by atoms with Crippen molar-refractivity contribution < 1.29 is 14.4 Å². The number of urea groups is 1. The summed E-state index contributed by atoms with van der Waals surface area (Å²) in [5, 5.41) is 2.38. The average Bonchev–Trinajstić information content (AvgIpc) is 2.46. The zero-order chi connectivity index (χ0) is 15.6. The summed E-state index contributed by atoms with van der Waals surface area (Å²) in [5.41, 5.74) is -0.997. The van der Waals surface area contributed by atoms with Crippen molar-refractivity contribution in [1.29, 1.82) is 0 Å². The molecule has 0 bridgehead atoms. The Morgan fingerprint density at radius 3 is 2.38 bits per heavy atom. The second-order valence-corrected chi connectivity index (χ2v) is 6.43. The van der Waals surface area contributed by atoms with Gasteiger partial charge in [-0.1, -0.05) is 19.3 Å². The molecule has 118 valence electrons. The quantitative estimate of drug-likeness (QED) is 0.795. The molecule has 0 atom stereocenters. The first kappa shape index (κ1) is 15.9. The Morgan fingerprint density at radius 2 is 1.81 bits per heavy atom. The summed E-state index contributed by atoms with van der Waals surface area (Å²) in [4.78, 5) is 40.2. The summed E-state index contributed by atoms with van der Waals surface area (Å²) in [6, 6.07) is -0.225. The maximum atomic E-state index is 12.7. The molecule has 1 aliphatic heterocycles. The van der Waals surface area contributed by atoms with Gasteiger partial charge in [-0.3, -0.25) is 19.8 Å². The van der Waals surface area contributed by atoms with Crippen LogP contribution < -0.4 is 5.32 Å². The van der Waals surface area contributed by atoms with Crippen molar-refractivity contribution in [1.82, 2.24) is 15.1 Å². The molecule has 1 saturated carbocycles. The lowest BCUT2D eigenvalue weighted by molar-refractivity contribution is -0.154. The molecule has 1 saturated heterocycles. The van der Waals surface area contributed by atoms with Crippen molar-refractivity contribution in [2.75, 3.05) is 20.1 Å². The van der Waals surface area contributed by atoms with E-state index in [1.165, 1.54) is 4.90 Å². The lowest BCUT2D eigenvalue weighted by Gasteiger charge is -2.41. The number of rotatable bonds is 4. The van der Waals surface area contributed by atoms with Crippen LogP contribution in [0.4, 0.5) is 4.79 Å². The van der Waals surface area contributed by atoms with Crippen molar-refractivity contribution in [3.05, 3.63) is 0 Å². The molecular formula is C15H25N3O3. The number of likely N-dealkylation sites (N-methyl/N-ethyl adjacent to an activating group) is 1. The standard InChI is InChI=1S/C15H25N3O3/c1-11(2)17(3)9-10-18-13(20)15(7-5-4-6-8-15)12(19)16-14(18)21/h11H,4-10H2,1-3H3,(H,16,19,21). The van der Waals surface area contributed by atoms with E-state index < -0.39 is 17.4 Å². The van der Waals surface area contributed by atoms with Crippen LogP contribution in [0.25, 0.3) is 0 Å². The molecule has 6 heteroatoms. The van der Waals surface area contributed by atoms with E-state index in [1.54, 1.807) is 0 Å². The molecule has 2 fully saturated rings. The van der Waals surface area contributed by atoms with Gasteiger partial charge in [0.2, 0.25) is 11.8 Å². The van der Waals surface area contributed by atoms with Crippen molar-refractivity contribution in [3.63, 3.8) is 0 Å². The van der Waals surface area contributed by atoms with Crippen LogP contribution in [0.5, 0.6) is 0 Å². The number of hydrogen-bond acceptors (Lipinski definition) is 4. The van der Waals surface area contributed by atoms with Crippen LogP contribution in [0, 0.1) is 5.41 Å². The van der Waals surface area contributed by atoms with Gasteiger partial charge in [0.15, 0.2) is 0 Å². The van der Waals surface area contributed by atoms with Gasteiger partial charge in [-0.2, -0.15) is 0 Å².